The van der Waals surface area contributed by atoms with Crippen LogP contribution in [0.3, 0.4) is 0 Å². The Morgan fingerprint density at radius 1 is 1.30 bits per heavy atom. The van der Waals surface area contributed by atoms with Gasteiger partial charge in [0.2, 0.25) is 5.91 Å². The van der Waals surface area contributed by atoms with Gasteiger partial charge < -0.3 is 15.1 Å². The second kappa shape index (κ2) is 8.72. The van der Waals surface area contributed by atoms with E-state index in [0.29, 0.717) is 26.2 Å². The fourth-order valence-electron chi connectivity index (χ4n) is 3.25. The molecule has 9 nitrogen and oxygen atoms in total. The fourth-order valence-corrected chi connectivity index (χ4v) is 3.25. The second-order valence-corrected chi connectivity index (χ2v) is 6.51. The van der Waals surface area contributed by atoms with Crippen LogP contribution in [0.1, 0.15) is 17.0 Å². The van der Waals surface area contributed by atoms with Crippen LogP contribution in [0.4, 0.5) is 5.69 Å². The van der Waals surface area contributed by atoms with Crippen LogP contribution in [-0.2, 0) is 25.4 Å². The topological polar surface area (TPSA) is 83.6 Å². The van der Waals surface area contributed by atoms with Crippen LogP contribution in [0, 0.1) is 13.8 Å². The first-order valence-corrected chi connectivity index (χ1v) is 8.64. The summed E-state index contributed by atoms with van der Waals surface area (Å²) < 4.78 is 3.58. The minimum atomic E-state index is 0. The molecule has 0 aromatic carbocycles. The third-order valence-electron chi connectivity index (χ3n) is 4.82. The molecule has 0 spiro atoms. The van der Waals surface area contributed by atoms with Crippen LogP contribution < -0.4 is 10.2 Å². The van der Waals surface area contributed by atoms with Gasteiger partial charge in [0.15, 0.2) is 5.96 Å². The summed E-state index contributed by atoms with van der Waals surface area (Å²) in [7, 11) is 5.53. The van der Waals surface area contributed by atoms with Crippen molar-refractivity contribution in [3.05, 3.63) is 29.3 Å². The van der Waals surface area contributed by atoms with Crippen LogP contribution in [0.2, 0.25) is 0 Å². The minimum absolute atomic E-state index is 0. The van der Waals surface area contributed by atoms with Gasteiger partial charge in [-0.15, -0.1) is 24.0 Å². The molecule has 3 rings (SSSR count). The van der Waals surface area contributed by atoms with Crippen LogP contribution in [-0.4, -0.2) is 63.0 Å². The number of aliphatic imine (C=N–C) groups is 1. The summed E-state index contributed by atoms with van der Waals surface area (Å²) in [5.74, 6) is 0.771. The van der Waals surface area contributed by atoms with Crippen molar-refractivity contribution < 1.29 is 4.79 Å². The van der Waals surface area contributed by atoms with Crippen molar-refractivity contribution in [1.29, 1.82) is 0 Å². The fraction of sp³-hybridized carbons (Fsp3) is 0.529. The van der Waals surface area contributed by atoms with Gasteiger partial charge in [0.05, 0.1) is 17.6 Å². The molecule has 3 heterocycles. The highest BCUT2D eigenvalue weighted by atomic mass is 127. The lowest BCUT2D eigenvalue weighted by Gasteiger charge is -2.35. The maximum atomic E-state index is 12.6. The molecule has 1 N–H and O–H groups in total. The van der Waals surface area contributed by atoms with E-state index in [-0.39, 0.29) is 29.9 Å². The van der Waals surface area contributed by atoms with Crippen molar-refractivity contribution in [3.8, 4) is 0 Å². The summed E-state index contributed by atoms with van der Waals surface area (Å²) >= 11 is 0. The number of aryl methyl sites for hydroxylation is 3. The number of hydrogen-bond acceptors (Lipinski definition) is 4. The largest absolute Gasteiger partial charge is 0.352 e. The average Bonchev–Trinajstić information content (AvgIpc) is 3.13. The molecule has 0 saturated carbocycles. The van der Waals surface area contributed by atoms with E-state index in [0.717, 1.165) is 28.6 Å². The average molecular weight is 486 g/mol. The number of piperazine rings is 1. The predicted molar refractivity (Wildman–Crippen MR) is 115 cm³/mol. The SMILES string of the molecule is CN=C(NCc1c(C)nn(C)c1C)N1CCN(c2cnn(C)c2)C(=O)C1.I. The van der Waals surface area contributed by atoms with Crippen LogP contribution in [0.25, 0.3) is 0 Å². The molecule has 1 aliphatic rings. The van der Waals surface area contributed by atoms with Gasteiger partial charge in [0.1, 0.15) is 6.54 Å². The number of anilines is 1. The molecule has 0 atom stereocenters. The second-order valence-electron chi connectivity index (χ2n) is 6.51. The molecule has 148 valence electrons. The van der Waals surface area contributed by atoms with Gasteiger partial charge in [-0.3, -0.25) is 19.2 Å². The number of guanidine groups is 1. The van der Waals surface area contributed by atoms with Gasteiger partial charge in [-0.05, 0) is 13.8 Å². The van der Waals surface area contributed by atoms with Crippen molar-refractivity contribution in [2.24, 2.45) is 19.1 Å². The third-order valence-corrected chi connectivity index (χ3v) is 4.82. The summed E-state index contributed by atoms with van der Waals surface area (Å²) in [4.78, 5) is 20.7. The zero-order chi connectivity index (χ0) is 18.8. The first-order chi connectivity index (χ1) is 12.4. The summed E-state index contributed by atoms with van der Waals surface area (Å²) in [6.45, 7) is 6.30. The number of nitrogens with zero attached hydrogens (tertiary/aromatic N) is 7. The number of carbonyl (C=O) groups is 1. The molecule has 1 saturated heterocycles. The zero-order valence-corrected chi connectivity index (χ0v) is 18.8. The Kier molecular flexibility index (Phi) is 6.84. The van der Waals surface area contributed by atoms with E-state index in [2.05, 4.69) is 27.4 Å². The van der Waals surface area contributed by atoms with Gasteiger partial charge in [-0.25, -0.2) is 0 Å². The molecular weight excluding hydrogens is 459 g/mol. The van der Waals surface area contributed by atoms with E-state index in [1.165, 1.54) is 0 Å². The Balaban J connectivity index is 0.00000261. The van der Waals surface area contributed by atoms with E-state index >= 15 is 0 Å². The van der Waals surface area contributed by atoms with Gasteiger partial charge in [-0.1, -0.05) is 0 Å². The van der Waals surface area contributed by atoms with Crippen LogP contribution in [0.5, 0.6) is 0 Å². The summed E-state index contributed by atoms with van der Waals surface area (Å²) in [5.41, 5.74) is 4.13. The molecule has 2 aromatic heterocycles. The molecule has 0 radical (unpaired) electrons. The van der Waals surface area contributed by atoms with Gasteiger partial charge >= 0.3 is 0 Å². The van der Waals surface area contributed by atoms with Gasteiger partial charge in [0.25, 0.3) is 0 Å². The molecule has 0 unspecified atom stereocenters. The minimum Gasteiger partial charge on any atom is -0.352 e. The normalized spacial score (nSPS) is 15.1. The quantitative estimate of drug-likeness (QED) is 0.395. The number of amides is 1. The number of aromatic nitrogens is 4. The molecular formula is C17H27IN8O. The lowest BCUT2D eigenvalue weighted by Crippen LogP contribution is -2.55. The van der Waals surface area contributed by atoms with Crippen LogP contribution >= 0.6 is 24.0 Å². The Hall–Kier alpha value is -2.11. The molecule has 1 amide bonds. The number of rotatable bonds is 3. The monoisotopic (exact) mass is 486 g/mol. The van der Waals surface area contributed by atoms with E-state index in [9.17, 15) is 4.79 Å². The smallest absolute Gasteiger partial charge is 0.246 e. The van der Waals surface area contributed by atoms with Gasteiger partial charge in [0, 0.05) is 58.2 Å². The summed E-state index contributed by atoms with van der Waals surface area (Å²) in [6, 6.07) is 0. The Labute approximate surface area is 176 Å². The molecule has 2 aromatic rings. The number of hydrogen-bond donors (Lipinski definition) is 1. The standard InChI is InChI=1S/C17H26N8O.HI/c1-12-15(13(2)23(5)21-12)9-19-17(18-3)24-6-7-25(16(26)11-24)14-8-20-22(4)10-14;/h8,10H,6-7,9,11H2,1-5H3,(H,18,19);1H. The maximum Gasteiger partial charge on any atom is 0.246 e. The van der Waals surface area contributed by atoms with Crippen molar-refractivity contribution >= 4 is 41.5 Å². The van der Waals surface area contributed by atoms with E-state index in [1.807, 2.05) is 36.8 Å². The predicted octanol–water partition coefficient (Wildman–Crippen LogP) is 0.813. The molecule has 0 bridgehead atoms. The maximum absolute atomic E-state index is 12.6. The van der Waals surface area contributed by atoms with E-state index in [1.54, 1.807) is 22.8 Å². The Morgan fingerprint density at radius 2 is 2.04 bits per heavy atom. The summed E-state index contributed by atoms with van der Waals surface area (Å²) in [5, 5.41) is 11.9. The third kappa shape index (κ3) is 4.42. The van der Waals surface area contributed by atoms with Crippen molar-refractivity contribution in [3.63, 3.8) is 0 Å². The summed E-state index contributed by atoms with van der Waals surface area (Å²) in [6.07, 6.45) is 3.57. The van der Waals surface area contributed by atoms with E-state index < -0.39 is 0 Å². The van der Waals surface area contributed by atoms with Crippen LogP contribution in [0.15, 0.2) is 17.4 Å². The molecule has 1 fully saturated rings. The Bertz CT molecular complexity index is 840. The van der Waals surface area contributed by atoms with Crippen molar-refractivity contribution in [2.75, 3.05) is 31.6 Å². The number of halogens is 1. The lowest BCUT2D eigenvalue weighted by molar-refractivity contribution is -0.120. The molecule has 0 aliphatic carbocycles. The van der Waals surface area contributed by atoms with Gasteiger partial charge in [-0.2, -0.15) is 10.2 Å². The highest BCUT2D eigenvalue weighted by Crippen LogP contribution is 2.16. The number of nitrogens with one attached hydrogen (secondary N) is 1. The highest BCUT2D eigenvalue weighted by molar-refractivity contribution is 14.0. The first kappa shape index (κ1) is 21.2. The molecule has 27 heavy (non-hydrogen) atoms. The number of carbonyl (C=O) groups excluding carboxylic acids is 1. The van der Waals surface area contributed by atoms with Crippen molar-refractivity contribution in [1.82, 2.24) is 29.8 Å². The molecule has 1 aliphatic heterocycles. The zero-order valence-electron chi connectivity index (χ0n) is 16.4. The lowest BCUT2D eigenvalue weighted by atomic mass is 10.2. The van der Waals surface area contributed by atoms with E-state index in [4.69, 9.17) is 0 Å². The highest BCUT2D eigenvalue weighted by Gasteiger charge is 2.27. The molecule has 10 heteroatoms. The first-order valence-electron chi connectivity index (χ1n) is 8.64. The Morgan fingerprint density at radius 3 is 2.56 bits per heavy atom. The van der Waals surface area contributed by atoms with Crippen molar-refractivity contribution in [2.45, 2.75) is 20.4 Å².